The summed E-state index contributed by atoms with van der Waals surface area (Å²) in [5, 5.41) is 10.9. The smallest absolute Gasteiger partial charge is 0.387 e. The zero-order valence-electron chi connectivity index (χ0n) is 12.5. The van der Waals surface area contributed by atoms with Crippen molar-refractivity contribution in [2.24, 2.45) is 0 Å². The zero-order valence-corrected chi connectivity index (χ0v) is 13.3. The molecule has 2 aromatic rings. The van der Waals surface area contributed by atoms with Crippen LogP contribution in [0.4, 0.5) is 20.4 Å². The minimum absolute atomic E-state index is 0.0495. The van der Waals surface area contributed by atoms with E-state index in [1.54, 1.807) is 12.1 Å². The van der Waals surface area contributed by atoms with E-state index >= 15 is 0 Å². The Morgan fingerprint density at radius 3 is 2.88 bits per heavy atom. The van der Waals surface area contributed by atoms with Crippen molar-refractivity contribution < 1.29 is 18.3 Å². The average molecular weight is 355 g/mol. The van der Waals surface area contributed by atoms with Gasteiger partial charge in [-0.15, -0.1) is 10.2 Å². The van der Waals surface area contributed by atoms with Gasteiger partial charge in [0.05, 0.1) is 11.4 Å². The monoisotopic (exact) mass is 355 g/mol. The summed E-state index contributed by atoms with van der Waals surface area (Å²) < 4.78 is 30.9. The van der Waals surface area contributed by atoms with Gasteiger partial charge < -0.3 is 15.8 Å². The highest BCUT2D eigenvalue weighted by atomic mass is 32.2. The minimum Gasteiger partial charge on any atom is -0.433 e. The molecule has 1 aliphatic carbocycles. The van der Waals surface area contributed by atoms with Crippen molar-refractivity contribution in [2.45, 2.75) is 30.7 Å². The molecule has 0 atom stereocenters. The van der Waals surface area contributed by atoms with E-state index in [1.807, 2.05) is 4.57 Å². The number of ether oxygens (including phenoxy) is 1. The first kappa shape index (κ1) is 16.5. The van der Waals surface area contributed by atoms with Gasteiger partial charge in [0.25, 0.3) is 0 Å². The molecule has 128 valence electrons. The van der Waals surface area contributed by atoms with Gasteiger partial charge in [-0.05, 0) is 25.0 Å². The largest absolute Gasteiger partial charge is 0.433 e. The summed E-state index contributed by atoms with van der Waals surface area (Å²) in [5.74, 6) is -0.0741. The summed E-state index contributed by atoms with van der Waals surface area (Å²) in [4.78, 5) is 12.1. The summed E-state index contributed by atoms with van der Waals surface area (Å²) in [6.45, 7) is -2.96. The maximum Gasteiger partial charge on any atom is 0.387 e. The molecule has 0 saturated heterocycles. The van der Waals surface area contributed by atoms with E-state index in [0.717, 1.165) is 12.8 Å². The highest BCUT2D eigenvalue weighted by Gasteiger charge is 2.29. The maximum atomic E-state index is 12.4. The lowest BCUT2D eigenvalue weighted by Gasteiger charge is -2.11. The van der Waals surface area contributed by atoms with Gasteiger partial charge in [-0.3, -0.25) is 9.36 Å². The lowest BCUT2D eigenvalue weighted by molar-refractivity contribution is -0.113. The van der Waals surface area contributed by atoms with Gasteiger partial charge in [0.2, 0.25) is 11.9 Å². The molecule has 1 aromatic heterocycles. The molecule has 1 fully saturated rings. The number of halogens is 2. The van der Waals surface area contributed by atoms with E-state index in [1.165, 1.54) is 23.9 Å². The van der Waals surface area contributed by atoms with E-state index in [9.17, 15) is 13.6 Å². The Hall–Kier alpha value is -2.36. The van der Waals surface area contributed by atoms with Crippen LogP contribution in [0.3, 0.4) is 0 Å². The van der Waals surface area contributed by atoms with E-state index in [2.05, 4.69) is 20.3 Å². The minimum atomic E-state index is -2.96. The average Bonchev–Trinajstić information content (AvgIpc) is 3.30. The Kier molecular flexibility index (Phi) is 4.84. The Morgan fingerprint density at radius 2 is 2.17 bits per heavy atom. The SMILES string of the molecule is Nc1nnc(SCC(=O)Nc2ccccc2OC(F)F)n1C1CC1. The molecule has 1 aromatic carbocycles. The number of aromatic nitrogens is 3. The predicted octanol–water partition coefficient (Wildman–Crippen LogP) is 2.53. The van der Waals surface area contributed by atoms with Gasteiger partial charge in [-0.2, -0.15) is 8.78 Å². The molecule has 24 heavy (non-hydrogen) atoms. The van der Waals surface area contributed by atoms with Crippen LogP contribution in [0.15, 0.2) is 29.4 Å². The second-order valence-electron chi connectivity index (χ2n) is 5.15. The van der Waals surface area contributed by atoms with E-state index < -0.39 is 6.61 Å². The van der Waals surface area contributed by atoms with Gasteiger partial charge in [-0.1, -0.05) is 23.9 Å². The zero-order chi connectivity index (χ0) is 17.1. The van der Waals surface area contributed by atoms with Crippen molar-refractivity contribution in [1.29, 1.82) is 0 Å². The number of anilines is 2. The number of nitrogens with two attached hydrogens (primary N) is 1. The number of hydrogen-bond acceptors (Lipinski definition) is 6. The highest BCUT2D eigenvalue weighted by Crippen LogP contribution is 2.39. The van der Waals surface area contributed by atoms with Crippen LogP contribution < -0.4 is 15.8 Å². The van der Waals surface area contributed by atoms with Gasteiger partial charge >= 0.3 is 6.61 Å². The fourth-order valence-electron chi connectivity index (χ4n) is 2.15. The Labute approximate surface area is 140 Å². The van der Waals surface area contributed by atoms with Crippen LogP contribution in [0.25, 0.3) is 0 Å². The number of carbonyl (C=O) groups excluding carboxylic acids is 1. The number of rotatable bonds is 7. The molecule has 0 bridgehead atoms. The lowest BCUT2D eigenvalue weighted by Crippen LogP contribution is -2.16. The van der Waals surface area contributed by atoms with Crippen molar-refractivity contribution in [3.8, 4) is 5.75 Å². The van der Waals surface area contributed by atoms with Crippen molar-refractivity contribution in [1.82, 2.24) is 14.8 Å². The molecule has 10 heteroatoms. The van der Waals surface area contributed by atoms with Gasteiger partial charge in [0.1, 0.15) is 5.75 Å². The number of nitrogens with zero attached hydrogens (tertiary/aromatic N) is 3. The molecule has 0 unspecified atom stereocenters. The number of para-hydroxylation sites is 2. The van der Waals surface area contributed by atoms with Crippen molar-refractivity contribution >= 4 is 29.3 Å². The quantitative estimate of drug-likeness (QED) is 0.741. The second-order valence-corrected chi connectivity index (χ2v) is 6.10. The summed E-state index contributed by atoms with van der Waals surface area (Å²) in [5.41, 5.74) is 5.95. The molecular formula is C14H15F2N5O2S. The predicted molar refractivity (Wildman–Crippen MR) is 85.1 cm³/mol. The molecule has 1 amide bonds. The number of hydrogen-bond donors (Lipinski definition) is 2. The second kappa shape index (κ2) is 7.04. The topological polar surface area (TPSA) is 95.1 Å². The third-order valence-electron chi connectivity index (χ3n) is 3.31. The molecule has 0 radical (unpaired) electrons. The molecule has 1 heterocycles. The van der Waals surface area contributed by atoms with Crippen LogP contribution in [-0.4, -0.2) is 33.0 Å². The lowest BCUT2D eigenvalue weighted by atomic mass is 10.3. The van der Waals surface area contributed by atoms with Crippen LogP contribution in [0.2, 0.25) is 0 Å². The van der Waals surface area contributed by atoms with Crippen molar-refractivity contribution in [2.75, 3.05) is 16.8 Å². The van der Waals surface area contributed by atoms with Gasteiger partial charge in [0.15, 0.2) is 5.16 Å². The van der Waals surface area contributed by atoms with E-state index in [4.69, 9.17) is 5.73 Å². The number of nitrogen functional groups attached to an aromatic ring is 1. The molecule has 3 N–H and O–H groups in total. The van der Waals surface area contributed by atoms with Crippen LogP contribution in [0.5, 0.6) is 5.75 Å². The molecule has 0 aliphatic heterocycles. The third-order valence-corrected chi connectivity index (χ3v) is 4.26. The summed E-state index contributed by atoms with van der Waals surface area (Å²) in [6, 6.07) is 6.31. The molecular weight excluding hydrogens is 340 g/mol. The molecule has 3 rings (SSSR count). The van der Waals surface area contributed by atoms with E-state index in [-0.39, 0.29) is 23.1 Å². The number of alkyl halides is 2. The number of benzene rings is 1. The fraction of sp³-hybridized carbons (Fsp3) is 0.357. The van der Waals surface area contributed by atoms with Gasteiger partial charge in [-0.25, -0.2) is 0 Å². The number of carbonyl (C=O) groups is 1. The standard InChI is InChI=1S/C14H15F2N5O2S/c15-12(16)23-10-4-2-1-3-9(10)18-11(22)7-24-14-20-19-13(17)21(14)8-5-6-8/h1-4,8,12H,5-7H2,(H2,17,19)(H,18,22). The highest BCUT2D eigenvalue weighted by molar-refractivity contribution is 7.99. The summed E-state index contributed by atoms with van der Waals surface area (Å²) in [6.07, 6.45) is 2.03. The fourth-order valence-corrected chi connectivity index (χ4v) is 2.96. The maximum absolute atomic E-state index is 12.4. The van der Waals surface area contributed by atoms with Crippen LogP contribution in [0, 0.1) is 0 Å². The Balaban J connectivity index is 1.61. The first-order valence-electron chi connectivity index (χ1n) is 7.21. The Bertz CT molecular complexity index is 736. The third kappa shape index (κ3) is 3.94. The number of nitrogens with one attached hydrogen (secondary N) is 1. The van der Waals surface area contributed by atoms with Gasteiger partial charge in [0, 0.05) is 6.04 Å². The van der Waals surface area contributed by atoms with Crippen LogP contribution in [0.1, 0.15) is 18.9 Å². The van der Waals surface area contributed by atoms with Crippen LogP contribution >= 0.6 is 11.8 Å². The Morgan fingerprint density at radius 1 is 1.42 bits per heavy atom. The van der Waals surface area contributed by atoms with Crippen molar-refractivity contribution in [3.05, 3.63) is 24.3 Å². The summed E-state index contributed by atoms with van der Waals surface area (Å²) >= 11 is 1.19. The molecule has 0 spiro atoms. The normalized spacial score (nSPS) is 14.0. The molecule has 1 aliphatic rings. The molecule has 7 nitrogen and oxygen atoms in total. The van der Waals surface area contributed by atoms with Crippen LogP contribution in [-0.2, 0) is 4.79 Å². The van der Waals surface area contributed by atoms with Crippen molar-refractivity contribution in [3.63, 3.8) is 0 Å². The molecule has 1 saturated carbocycles. The first-order chi connectivity index (χ1) is 11.5. The number of thioether (sulfide) groups is 1. The number of amides is 1. The first-order valence-corrected chi connectivity index (χ1v) is 8.20. The van der Waals surface area contributed by atoms with E-state index in [0.29, 0.717) is 17.1 Å². The summed E-state index contributed by atoms with van der Waals surface area (Å²) in [7, 11) is 0.